The second-order valence-corrected chi connectivity index (χ2v) is 5.09. The Morgan fingerprint density at radius 3 is 3.00 bits per heavy atom. The van der Waals surface area contributed by atoms with Gasteiger partial charge in [-0.2, -0.15) is 0 Å². The van der Waals surface area contributed by atoms with Crippen molar-refractivity contribution < 1.29 is 9.90 Å². The number of β-amino-alcohol motifs (C(OH)–C–C–N with tert-alkyl or cyclic N) is 1. The van der Waals surface area contributed by atoms with Gasteiger partial charge in [0.15, 0.2) is 0 Å². The zero-order valence-electron chi connectivity index (χ0n) is 9.61. The Balaban J connectivity index is 2.06. The van der Waals surface area contributed by atoms with E-state index in [0.717, 1.165) is 15.7 Å². The number of hydrogen-bond acceptors (Lipinski definition) is 2. The van der Waals surface area contributed by atoms with Crippen LogP contribution in [0.5, 0.6) is 0 Å². The average Bonchev–Trinajstić information content (AvgIpc) is 2.72. The minimum absolute atomic E-state index is 0.150. The van der Waals surface area contributed by atoms with Crippen LogP contribution >= 0.6 is 15.9 Å². The molecule has 1 aromatic rings. The van der Waals surface area contributed by atoms with Crippen molar-refractivity contribution in [1.82, 2.24) is 4.90 Å². The molecule has 2 amide bonds. The molecule has 2 N–H and O–H groups in total. The van der Waals surface area contributed by atoms with E-state index in [2.05, 4.69) is 21.2 Å². The van der Waals surface area contributed by atoms with Crippen LogP contribution in [0, 0.1) is 6.92 Å². The first-order chi connectivity index (χ1) is 8.08. The molecule has 1 aliphatic rings. The van der Waals surface area contributed by atoms with Crippen LogP contribution in [0.3, 0.4) is 0 Å². The Bertz CT molecular complexity index is 437. The van der Waals surface area contributed by atoms with Crippen LogP contribution in [0.15, 0.2) is 22.7 Å². The van der Waals surface area contributed by atoms with E-state index in [4.69, 9.17) is 0 Å². The second-order valence-electron chi connectivity index (χ2n) is 4.23. The summed E-state index contributed by atoms with van der Waals surface area (Å²) < 4.78 is 0.969. The zero-order valence-corrected chi connectivity index (χ0v) is 11.2. The molecular weight excluding hydrogens is 284 g/mol. The monoisotopic (exact) mass is 298 g/mol. The maximum absolute atomic E-state index is 11.9. The first-order valence-corrected chi connectivity index (χ1v) is 6.36. The molecule has 1 heterocycles. The van der Waals surface area contributed by atoms with E-state index >= 15 is 0 Å². The van der Waals surface area contributed by atoms with Gasteiger partial charge in [-0.3, -0.25) is 0 Å². The lowest BCUT2D eigenvalue weighted by Crippen LogP contribution is -2.33. The topological polar surface area (TPSA) is 52.6 Å². The molecular formula is C12H15BrN2O2. The first kappa shape index (κ1) is 12.4. The molecule has 1 fully saturated rings. The number of aliphatic hydroxyl groups is 1. The quantitative estimate of drug-likeness (QED) is 0.836. The molecule has 0 saturated carbocycles. The lowest BCUT2D eigenvalue weighted by molar-refractivity contribution is 0.176. The predicted octanol–water partition coefficient (Wildman–Crippen LogP) is 2.36. The van der Waals surface area contributed by atoms with E-state index in [1.807, 2.05) is 25.1 Å². The van der Waals surface area contributed by atoms with Crippen molar-refractivity contribution in [3.05, 3.63) is 28.2 Å². The van der Waals surface area contributed by atoms with Gasteiger partial charge in [0, 0.05) is 23.2 Å². The molecule has 0 bridgehead atoms. The van der Waals surface area contributed by atoms with Gasteiger partial charge in [0.05, 0.1) is 6.10 Å². The summed E-state index contributed by atoms with van der Waals surface area (Å²) in [5.41, 5.74) is 1.80. The number of hydrogen-bond donors (Lipinski definition) is 2. The number of likely N-dealkylation sites (tertiary alicyclic amines) is 1. The lowest BCUT2D eigenvalue weighted by Gasteiger charge is -2.17. The van der Waals surface area contributed by atoms with E-state index in [-0.39, 0.29) is 12.1 Å². The van der Waals surface area contributed by atoms with Crippen LogP contribution in [0.2, 0.25) is 0 Å². The number of carbonyl (C=O) groups is 1. The predicted molar refractivity (Wildman–Crippen MR) is 70.1 cm³/mol. The Morgan fingerprint density at radius 2 is 2.35 bits per heavy atom. The van der Waals surface area contributed by atoms with E-state index in [0.29, 0.717) is 19.5 Å². The van der Waals surface area contributed by atoms with Gasteiger partial charge in [-0.25, -0.2) is 4.79 Å². The molecule has 0 unspecified atom stereocenters. The molecule has 92 valence electrons. The van der Waals surface area contributed by atoms with Crippen molar-refractivity contribution in [3.63, 3.8) is 0 Å². The molecule has 1 atom stereocenters. The maximum atomic E-state index is 11.9. The highest BCUT2D eigenvalue weighted by atomic mass is 79.9. The summed E-state index contributed by atoms with van der Waals surface area (Å²) >= 11 is 3.42. The molecule has 2 rings (SSSR count). The summed E-state index contributed by atoms with van der Waals surface area (Å²) in [5, 5.41) is 12.2. The second kappa shape index (κ2) is 5.06. The third kappa shape index (κ3) is 2.79. The van der Waals surface area contributed by atoms with E-state index in [9.17, 15) is 9.90 Å². The molecule has 0 aliphatic carbocycles. The van der Waals surface area contributed by atoms with Gasteiger partial charge in [0.2, 0.25) is 0 Å². The fourth-order valence-corrected chi connectivity index (χ4v) is 2.23. The highest BCUT2D eigenvalue weighted by Gasteiger charge is 2.24. The number of amides is 2. The summed E-state index contributed by atoms with van der Waals surface area (Å²) in [4.78, 5) is 13.5. The number of nitrogens with zero attached hydrogens (tertiary/aromatic N) is 1. The third-order valence-corrected chi connectivity index (χ3v) is 3.82. The zero-order chi connectivity index (χ0) is 12.4. The van der Waals surface area contributed by atoms with Crippen molar-refractivity contribution in [2.45, 2.75) is 19.4 Å². The summed E-state index contributed by atoms with van der Waals surface area (Å²) in [6.45, 7) is 2.97. The first-order valence-electron chi connectivity index (χ1n) is 5.57. The Kier molecular flexibility index (Phi) is 3.69. The van der Waals surface area contributed by atoms with Gasteiger partial charge in [0.25, 0.3) is 0 Å². The number of rotatable bonds is 1. The van der Waals surface area contributed by atoms with Gasteiger partial charge < -0.3 is 15.3 Å². The fraction of sp³-hybridized carbons (Fsp3) is 0.417. The number of aliphatic hydroxyl groups excluding tert-OH is 1. The van der Waals surface area contributed by atoms with Gasteiger partial charge in [-0.05, 0) is 31.0 Å². The van der Waals surface area contributed by atoms with Gasteiger partial charge >= 0.3 is 6.03 Å². The van der Waals surface area contributed by atoms with E-state index in [1.165, 1.54) is 0 Å². The molecule has 1 aromatic carbocycles. The third-order valence-electron chi connectivity index (χ3n) is 2.96. The largest absolute Gasteiger partial charge is 0.391 e. The summed E-state index contributed by atoms with van der Waals surface area (Å²) in [6.07, 6.45) is 0.273. The van der Waals surface area contributed by atoms with Crippen molar-refractivity contribution in [2.75, 3.05) is 18.4 Å². The Hall–Kier alpha value is -1.07. The van der Waals surface area contributed by atoms with Crippen LogP contribution < -0.4 is 5.32 Å². The molecule has 5 heteroatoms. The Labute approximate surface area is 109 Å². The molecule has 0 radical (unpaired) electrons. The van der Waals surface area contributed by atoms with Gasteiger partial charge in [0.1, 0.15) is 0 Å². The molecule has 1 saturated heterocycles. The fourth-order valence-electron chi connectivity index (χ4n) is 1.86. The summed E-state index contributed by atoms with van der Waals surface area (Å²) in [6, 6.07) is 5.53. The van der Waals surface area contributed by atoms with Gasteiger partial charge in [-0.15, -0.1) is 0 Å². The van der Waals surface area contributed by atoms with Crippen molar-refractivity contribution in [3.8, 4) is 0 Å². The van der Waals surface area contributed by atoms with Crippen molar-refractivity contribution >= 4 is 27.6 Å². The SMILES string of the molecule is Cc1c(Br)cccc1NC(=O)N1CC[C@H](O)C1. The lowest BCUT2D eigenvalue weighted by atomic mass is 10.2. The summed E-state index contributed by atoms with van der Waals surface area (Å²) in [5.74, 6) is 0. The molecule has 0 aromatic heterocycles. The average molecular weight is 299 g/mol. The van der Waals surface area contributed by atoms with E-state index < -0.39 is 0 Å². The number of carbonyl (C=O) groups excluding carboxylic acids is 1. The minimum Gasteiger partial charge on any atom is -0.391 e. The normalized spacial score (nSPS) is 19.5. The molecule has 0 spiro atoms. The highest BCUT2D eigenvalue weighted by Crippen LogP contribution is 2.24. The standard InChI is InChI=1S/C12H15BrN2O2/c1-8-10(13)3-2-4-11(8)14-12(17)15-6-5-9(16)7-15/h2-4,9,16H,5-7H2,1H3,(H,14,17)/t9-/m0/s1. The maximum Gasteiger partial charge on any atom is 0.321 e. The summed E-state index contributed by atoms with van der Waals surface area (Å²) in [7, 11) is 0. The smallest absolute Gasteiger partial charge is 0.321 e. The molecule has 4 nitrogen and oxygen atoms in total. The molecule has 1 aliphatic heterocycles. The number of nitrogens with one attached hydrogen (secondary N) is 1. The number of anilines is 1. The minimum atomic E-state index is -0.385. The van der Waals surface area contributed by atoms with Crippen LogP contribution in [-0.4, -0.2) is 35.2 Å². The Morgan fingerprint density at radius 1 is 1.59 bits per heavy atom. The van der Waals surface area contributed by atoms with Crippen LogP contribution in [0.1, 0.15) is 12.0 Å². The van der Waals surface area contributed by atoms with Crippen molar-refractivity contribution in [2.24, 2.45) is 0 Å². The number of halogens is 1. The van der Waals surface area contributed by atoms with Crippen LogP contribution in [0.25, 0.3) is 0 Å². The van der Waals surface area contributed by atoms with Crippen LogP contribution in [-0.2, 0) is 0 Å². The number of urea groups is 1. The van der Waals surface area contributed by atoms with E-state index in [1.54, 1.807) is 4.90 Å². The molecule has 17 heavy (non-hydrogen) atoms. The van der Waals surface area contributed by atoms with Crippen molar-refractivity contribution in [1.29, 1.82) is 0 Å². The highest BCUT2D eigenvalue weighted by molar-refractivity contribution is 9.10. The van der Waals surface area contributed by atoms with Gasteiger partial charge in [-0.1, -0.05) is 22.0 Å². The van der Waals surface area contributed by atoms with Crippen LogP contribution in [0.4, 0.5) is 10.5 Å². The number of benzene rings is 1.